The number of hydrogen-bond donors (Lipinski definition) is 1. The largest absolute Gasteiger partial charge is 0.458 e. The molecule has 0 heterocycles. The summed E-state index contributed by atoms with van der Waals surface area (Å²) in [5.74, 6) is 0.235. The van der Waals surface area contributed by atoms with Gasteiger partial charge in [-0.2, -0.15) is 0 Å². The van der Waals surface area contributed by atoms with Gasteiger partial charge in [0, 0.05) is 6.42 Å². The van der Waals surface area contributed by atoms with Crippen LogP contribution in [-0.4, -0.2) is 30.9 Å². The monoisotopic (exact) mass is 397 g/mol. The third-order valence-electron chi connectivity index (χ3n) is 4.71. The van der Waals surface area contributed by atoms with Crippen molar-refractivity contribution in [1.29, 1.82) is 0 Å². The molecule has 27 heavy (non-hydrogen) atoms. The van der Waals surface area contributed by atoms with E-state index in [9.17, 15) is 14.4 Å². The molecule has 0 saturated heterocycles. The Bertz CT molecular complexity index is 624. The van der Waals surface area contributed by atoms with Crippen molar-refractivity contribution < 1.29 is 23.9 Å². The number of hydrogen-bond acceptors (Lipinski definition) is 6. The van der Waals surface area contributed by atoms with Gasteiger partial charge in [0.1, 0.15) is 12.4 Å². The molecule has 0 aliphatic heterocycles. The fraction of sp³-hybridized carbons (Fsp3) is 0.550. The number of aryl methyl sites for hydroxylation is 1. The number of carbonyl (C=O) groups is 3. The molecule has 1 fully saturated rings. The summed E-state index contributed by atoms with van der Waals surface area (Å²) in [6.45, 7) is 1.88. The SMILES string of the molecule is CC(=O)COC(=O)CCc1ccc(OC(=O)C2CCC(CN)CC2)cc1.Cl. The van der Waals surface area contributed by atoms with E-state index in [2.05, 4.69) is 0 Å². The lowest BCUT2D eigenvalue weighted by molar-refractivity contribution is -0.147. The van der Waals surface area contributed by atoms with Gasteiger partial charge in [-0.1, -0.05) is 12.1 Å². The summed E-state index contributed by atoms with van der Waals surface area (Å²) in [5, 5.41) is 0. The summed E-state index contributed by atoms with van der Waals surface area (Å²) < 4.78 is 10.3. The predicted molar refractivity (Wildman–Crippen MR) is 104 cm³/mol. The molecule has 7 heteroatoms. The summed E-state index contributed by atoms with van der Waals surface area (Å²) in [6.07, 6.45) is 4.34. The average Bonchev–Trinajstić information content (AvgIpc) is 2.65. The maximum atomic E-state index is 12.2. The van der Waals surface area contributed by atoms with E-state index in [-0.39, 0.29) is 43.1 Å². The standard InChI is InChI=1S/C20H27NO5.ClH/c1-14(22)13-25-19(23)11-6-15-4-9-18(10-5-15)26-20(24)17-7-2-16(12-21)3-8-17;/h4-5,9-10,16-17H,2-3,6-8,11-13,21H2,1H3;1H. The van der Waals surface area contributed by atoms with Crippen LogP contribution in [0.15, 0.2) is 24.3 Å². The van der Waals surface area contributed by atoms with Gasteiger partial charge in [-0.15, -0.1) is 12.4 Å². The van der Waals surface area contributed by atoms with Crippen molar-refractivity contribution in [3.63, 3.8) is 0 Å². The fourth-order valence-corrected chi connectivity index (χ4v) is 3.06. The first-order valence-electron chi connectivity index (χ1n) is 9.13. The number of esters is 2. The second kappa shape index (κ2) is 11.7. The molecule has 0 bridgehead atoms. The van der Waals surface area contributed by atoms with Crippen LogP contribution < -0.4 is 10.5 Å². The highest BCUT2D eigenvalue weighted by molar-refractivity contribution is 5.85. The number of nitrogens with two attached hydrogens (primary N) is 1. The van der Waals surface area contributed by atoms with Crippen molar-refractivity contribution >= 4 is 30.1 Å². The average molecular weight is 398 g/mol. The summed E-state index contributed by atoms with van der Waals surface area (Å²) in [5.41, 5.74) is 6.61. The minimum Gasteiger partial charge on any atom is -0.458 e. The number of halogens is 1. The third kappa shape index (κ3) is 8.10. The second-order valence-corrected chi connectivity index (χ2v) is 6.88. The molecule has 0 amide bonds. The maximum absolute atomic E-state index is 12.2. The lowest BCUT2D eigenvalue weighted by Gasteiger charge is -2.26. The second-order valence-electron chi connectivity index (χ2n) is 6.88. The predicted octanol–water partition coefficient (Wildman–Crippen LogP) is 2.84. The van der Waals surface area contributed by atoms with E-state index in [1.807, 2.05) is 12.1 Å². The van der Waals surface area contributed by atoms with Gasteiger partial charge in [0.05, 0.1) is 5.92 Å². The van der Waals surface area contributed by atoms with Gasteiger partial charge in [-0.25, -0.2) is 0 Å². The van der Waals surface area contributed by atoms with Crippen LogP contribution in [-0.2, 0) is 25.5 Å². The zero-order valence-electron chi connectivity index (χ0n) is 15.6. The molecule has 150 valence electrons. The Hall–Kier alpha value is -1.92. The van der Waals surface area contributed by atoms with E-state index in [0.717, 1.165) is 31.2 Å². The number of ether oxygens (including phenoxy) is 2. The van der Waals surface area contributed by atoms with Crippen LogP contribution in [0.4, 0.5) is 0 Å². The van der Waals surface area contributed by atoms with Gasteiger partial charge >= 0.3 is 11.9 Å². The normalized spacial score (nSPS) is 18.9. The molecule has 1 aromatic carbocycles. The Morgan fingerprint density at radius 1 is 1.07 bits per heavy atom. The Morgan fingerprint density at radius 3 is 2.26 bits per heavy atom. The quantitative estimate of drug-likeness (QED) is 0.535. The molecule has 0 radical (unpaired) electrons. The van der Waals surface area contributed by atoms with Crippen molar-refractivity contribution in [3.8, 4) is 5.75 Å². The molecule has 1 aliphatic rings. The molecule has 0 aromatic heterocycles. The molecule has 6 nitrogen and oxygen atoms in total. The van der Waals surface area contributed by atoms with E-state index < -0.39 is 5.97 Å². The number of ketones is 1. The van der Waals surface area contributed by atoms with Gasteiger partial charge in [0.15, 0.2) is 5.78 Å². The number of rotatable bonds is 8. The van der Waals surface area contributed by atoms with Crippen LogP contribution in [0.1, 0.15) is 44.6 Å². The minimum absolute atomic E-state index is 0. The van der Waals surface area contributed by atoms with E-state index in [1.54, 1.807) is 12.1 Å². The zero-order valence-corrected chi connectivity index (χ0v) is 16.5. The third-order valence-corrected chi connectivity index (χ3v) is 4.71. The lowest BCUT2D eigenvalue weighted by atomic mass is 9.82. The fourth-order valence-electron chi connectivity index (χ4n) is 3.06. The van der Waals surface area contributed by atoms with Gasteiger partial charge < -0.3 is 15.2 Å². The molecule has 2 N–H and O–H groups in total. The van der Waals surface area contributed by atoms with Crippen LogP contribution in [0.5, 0.6) is 5.75 Å². The summed E-state index contributed by atoms with van der Waals surface area (Å²) in [6, 6.07) is 7.12. The molecule has 0 spiro atoms. The molecule has 2 rings (SSSR count). The van der Waals surface area contributed by atoms with E-state index in [4.69, 9.17) is 15.2 Å². The molecule has 1 aromatic rings. The number of Topliss-reactive ketones (excluding diaryl/α,β-unsaturated/α-hetero) is 1. The Balaban J connectivity index is 0.00000364. The summed E-state index contributed by atoms with van der Waals surface area (Å²) >= 11 is 0. The Morgan fingerprint density at radius 2 is 1.70 bits per heavy atom. The zero-order chi connectivity index (χ0) is 18.9. The molecule has 0 atom stereocenters. The first-order valence-corrected chi connectivity index (χ1v) is 9.13. The highest BCUT2D eigenvalue weighted by atomic mass is 35.5. The Labute approximate surface area is 166 Å². The minimum atomic E-state index is -0.399. The first kappa shape index (κ1) is 23.1. The molecule has 1 aliphatic carbocycles. The first-order chi connectivity index (χ1) is 12.5. The number of benzene rings is 1. The van der Waals surface area contributed by atoms with Crippen molar-refractivity contribution in [2.24, 2.45) is 17.6 Å². The van der Waals surface area contributed by atoms with Crippen molar-refractivity contribution in [2.75, 3.05) is 13.2 Å². The van der Waals surface area contributed by atoms with Crippen LogP contribution in [0, 0.1) is 11.8 Å². The van der Waals surface area contributed by atoms with Crippen LogP contribution in [0.2, 0.25) is 0 Å². The van der Waals surface area contributed by atoms with Gasteiger partial charge in [-0.05, 0) is 69.2 Å². The molecular formula is C20H28ClNO5. The van der Waals surface area contributed by atoms with Crippen molar-refractivity contribution in [1.82, 2.24) is 0 Å². The topological polar surface area (TPSA) is 95.7 Å². The van der Waals surface area contributed by atoms with Gasteiger partial charge in [-0.3, -0.25) is 14.4 Å². The van der Waals surface area contributed by atoms with E-state index in [1.165, 1.54) is 6.92 Å². The van der Waals surface area contributed by atoms with E-state index >= 15 is 0 Å². The van der Waals surface area contributed by atoms with Crippen LogP contribution >= 0.6 is 12.4 Å². The van der Waals surface area contributed by atoms with Crippen LogP contribution in [0.3, 0.4) is 0 Å². The van der Waals surface area contributed by atoms with Crippen molar-refractivity contribution in [2.45, 2.75) is 45.4 Å². The summed E-state index contributed by atoms with van der Waals surface area (Å²) in [7, 11) is 0. The molecule has 1 saturated carbocycles. The lowest BCUT2D eigenvalue weighted by Crippen LogP contribution is -2.28. The Kier molecular flexibility index (Phi) is 10.0. The summed E-state index contributed by atoms with van der Waals surface area (Å²) in [4.78, 5) is 34.5. The van der Waals surface area contributed by atoms with Crippen molar-refractivity contribution in [3.05, 3.63) is 29.8 Å². The maximum Gasteiger partial charge on any atom is 0.314 e. The molecular weight excluding hydrogens is 370 g/mol. The van der Waals surface area contributed by atoms with E-state index in [0.29, 0.717) is 24.6 Å². The smallest absolute Gasteiger partial charge is 0.314 e. The van der Waals surface area contributed by atoms with Gasteiger partial charge in [0.2, 0.25) is 0 Å². The van der Waals surface area contributed by atoms with Gasteiger partial charge in [0.25, 0.3) is 0 Å². The highest BCUT2D eigenvalue weighted by Gasteiger charge is 2.27. The highest BCUT2D eigenvalue weighted by Crippen LogP contribution is 2.29. The number of carbonyl (C=O) groups excluding carboxylic acids is 3. The molecule has 0 unspecified atom stereocenters. The van der Waals surface area contributed by atoms with Crippen LogP contribution in [0.25, 0.3) is 0 Å².